The van der Waals surface area contributed by atoms with Crippen LogP contribution < -0.4 is 0 Å². The summed E-state index contributed by atoms with van der Waals surface area (Å²) in [6.45, 7) is 7.68. The van der Waals surface area contributed by atoms with Gasteiger partial charge >= 0.3 is 0 Å². The first-order valence-corrected chi connectivity index (χ1v) is 11.8. The number of rotatable bonds is 1. The summed E-state index contributed by atoms with van der Waals surface area (Å²) in [6.07, 6.45) is 8.28. The summed E-state index contributed by atoms with van der Waals surface area (Å²) in [5.41, 5.74) is 0.255. The molecular weight excluding hydrogens is 370 g/mol. The third-order valence-electron chi connectivity index (χ3n) is 10.4. The van der Waals surface area contributed by atoms with Gasteiger partial charge in [0.1, 0.15) is 0 Å². The van der Waals surface area contributed by atoms with Gasteiger partial charge in [0.2, 0.25) is 0 Å². The minimum Gasteiger partial charge on any atom is -0.348 e. The van der Waals surface area contributed by atoms with E-state index in [0.717, 1.165) is 51.4 Å². The fourth-order valence-electron chi connectivity index (χ4n) is 8.92. The van der Waals surface area contributed by atoms with Crippen molar-refractivity contribution in [3.63, 3.8) is 0 Å². The lowest BCUT2D eigenvalue weighted by molar-refractivity contribution is -0.259. The van der Waals surface area contributed by atoms with E-state index < -0.39 is 11.6 Å². The molecule has 6 fully saturated rings. The van der Waals surface area contributed by atoms with Gasteiger partial charge in [-0.3, -0.25) is 0 Å². The van der Waals surface area contributed by atoms with Gasteiger partial charge in [-0.25, -0.2) is 0 Å². The van der Waals surface area contributed by atoms with Crippen LogP contribution in [0.4, 0.5) is 0 Å². The fourth-order valence-corrected chi connectivity index (χ4v) is 8.92. The lowest BCUT2D eigenvalue weighted by Crippen LogP contribution is -2.61. The highest BCUT2D eigenvalue weighted by molar-refractivity contribution is 5.16. The molecule has 2 heterocycles. The van der Waals surface area contributed by atoms with Crippen molar-refractivity contribution in [3.8, 4) is 0 Å². The maximum atomic E-state index is 12.1. The van der Waals surface area contributed by atoms with Crippen molar-refractivity contribution in [2.24, 2.45) is 39.7 Å². The van der Waals surface area contributed by atoms with Crippen molar-refractivity contribution in [3.05, 3.63) is 4.91 Å². The molecule has 7 atom stereocenters. The van der Waals surface area contributed by atoms with Crippen LogP contribution in [0.5, 0.6) is 0 Å². The van der Waals surface area contributed by atoms with E-state index in [1.54, 1.807) is 0 Å². The number of hydrogen-bond donors (Lipinski definition) is 0. The second kappa shape index (κ2) is 6.24. The van der Waals surface area contributed by atoms with Gasteiger partial charge in [0, 0.05) is 24.7 Å². The molecule has 2 aliphatic heterocycles. The van der Waals surface area contributed by atoms with E-state index in [1.165, 1.54) is 0 Å². The van der Waals surface area contributed by atoms with Gasteiger partial charge in [0.05, 0.1) is 32.5 Å². The molecule has 0 aromatic rings. The minimum atomic E-state index is -0.421. The molecule has 2 saturated heterocycles. The van der Waals surface area contributed by atoms with Crippen LogP contribution in [0.25, 0.3) is 0 Å². The molecule has 6 aliphatic rings. The zero-order valence-corrected chi connectivity index (χ0v) is 17.9. The predicted octanol–water partition coefficient (Wildman–Crippen LogP) is 4.26. The third kappa shape index (κ3) is 2.38. The second-order valence-electron chi connectivity index (χ2n) is 11.2. The Morgan fingerprint density at radius 1 is 0.828 bits per heavy atom. The molecule has 0 N–H and O–H groups in total. The Labute approximate surface area is 173 Å². The summed E-state index contributed by atoms with van der Waals surface area (Å²) in [7, 11) is 0. The zero-order valence-electron chi connectivity index (χ0n) is 17.9. The number of fused-ring (bicyclic) bond motifs is 6. The quantitative estimate of drug-likeness (QED) is 0.610. The van der Waals surface area contributed by atoms with E-state index in [0.29, 0.717) is 50.1 Å². The van der Waals surface area contributed by atoms with Crippen LogP contribution in [-0.4, -0.2) is 44.0 Å². The smallest absolute Gasteiger partial charge is 0.174 e. The standard InChI is InChI=1S/C23H35NO5/c1-20-7-8-22(26-9-10-27-22)14-15(20)13-18(24-25)19-16(20)3-5-21(2)17(19)4-6-23(21)28-11-12-29-23/h15-19H,3-14H2,1-2H3/t15?,16-,17-,18?,19+,20-,21-/m0/s1. The molecule has 0 aromatic carbocycles. The summed E-state index contributed by atoms with van der Waals surface area (Å²) in [5.74, 6) is 1.02. The maximum Gasteiger partial charge on any atom is 0.174 e. The summed E-state index contributed by atoms with van der Waals surface area (Å²) in [5, 5.41) is 3.76. The number of nitroso groups, excluding NO2 is 1. The molecule has 6 heteroatoms. The van der Waals surface area contributed by atoms with Gasteiger partial charge in [-0.1, -0.05) is 19.0 Å². The van der Waals surface area contributed by atoms with Crippen LogP contribution in [0.15, 0.2) is 5.18 Å². The van der Waals surface area contributed by atoms with Gasteiger partial charge in [0.25, 0.3) is 0 Å². The topological polar surface area (TPSA) is 66.4 Å². The van der Waals surface area contributed by atoms with E-state index in [1.807, 2.05) is 0 Å². The molecule has 162 valence electrons. The summed E-state index contributed by atoms with van der Waals surface area (Å²) < 4.78 is 24.6. The first kappa shape index (κ1) is 19.1. The Kier molecular flexibility index (Phi) is 4.12. The van der Waals surface area contributed by atoms with Crippen LogP contribution >= 0.6 is 0 Å². The van der Waals surface area contributed by atoms with E-state index in [2.05, 4.69) is 19.0 Å². The van der Waals surface area contributed by atoms with E-state index in [9.17, 15) is 4.91 Å². The molecule has 6 nitrogen and oxygen atoms in total. The van der Waals surface area contributed by atoms with Gasteiger partial charge in [-0.05, 0) is 61.2 Å². The fraction of sp³-hybridized carbons (Fsp3) is 1.00. The molecule has 29 heavy (non-hydrogen) atoms. The Morgan fingerprint density at radius 2 is 1.52 bits per heavy atom. The van der Waals surface area contributed by atoms with Crippen LogP contribution in [0.3, 0.4) is 0 Å². The highest BCUT2D eigenvalue weighted by atomic mass is 16.7. The third-order valence-corrected chi connectivity index (χ3v) is 10.4. The average molecular weight is 406 g/mol. The van der Waals surface area contributed by atoms with Gasteiger partial charge in [-0.15, -0.1) is 0 Å². The monoisotopic (exact) mass is 405 g/mol. The first-order chi connectivity index (χ1) is 14.0. The lowest BCUT2D eigenvalue weighted by Gasteiger charge is -2.63. The molecule has 4 saturated carbocycles. The van der Waals surface area contributed by atoms with Crippen molar-refractivity contribution in [2.45, 2.75) is 82.8 Å². The van der Waals surface area contributed by atoms with Crippen molar-refractivity contribution in [1.29, 1.82) is 0 Å². The molecule has 0 radical (unpaired) electrons. The van der Waals surface area contributed by atoms with Gasteiger partial charge in [0.15, 0.2) is 11.6 Å². The van der Waals surface area contributed by atoms with Crippen molar-refractivity contribution in [1.82, 2.24) is 0 Å². The SMILES string of the molecule is C[C@]12CCC3(CC1CC(N=O)[C@@H]1[C@@H]2CC[C@@]2(C)[C@H]1CCC21OCCO1)OCCO3. The molecule has 0 amide bonds. The Balaban J connectivity index is 1.34. The van der Waals surface area contributed by atoms with Crippen LogP contribution in [-0.2, 0) is 18.9 Å². The summed E-state index contributed by atoms with van der Waals surface area (Å²) in [6, 6.07) is -0.101. The second-order valence-corrected chi connectivity index (χ2v) is 11.2. The molecule has 2 unspecified atom stereocenters. The van der Waals surface area contributed by atoms with E-state index in [-0.39, 0.29) is 16.9 Å². The van der Waals surface area contributed by atoms with Crippen molar-refractivity contribution >= 4 is 0 Å². The van der Waals surface area contributed by atoms with E-state index >= 15 is 0 Å². The van der Waals surface area contributed by atoms with Crippen molar-refractivity contribution < 1.29 is 18.9 Å². The maximum absolute atomic E-state index is 12.1. The van der Waals surface area contributed by atoms with Gasteiger partial charge in [-0.2, -0.15) is 4.91 Å². The van der Waals surface area contributed by atoms with Gasteiger partial charge < -0.3 is 18.9 Å². The highest BCUT2D eigenvalue weighted by Crippen LogP contribution is 2.70. The minimum absolute atomic E-state index is 0.00433. The Morgan fingerprint density at radius 3 is 2.24 bits per heavy atom. The number of ether oxygens (including phenoxy) is 4. The predicted molar refractivity (Wildman–Crippen MR) is 106 cm³/mol. The zero-order chi connectivity index (χ0) is 19.9. The first-order valence-electron chi connectivity index (χ1n) is 11.8. The number of hydrogen-bond acceptors (Lipinski definition) is 6. The molecule has 6 rings (SSSR count). The Hall–Kier alpha value is -0.560. The largest absolute Gasteiger partial charge is 0.348 e. The average Bonchev–Trinajstić information content (AvgIpc) is 3.44. The normalized spacial score (nSPS) is 52.3. The van der Waals surface area contributed by atoms with Crippen molar-refractivity contribution in [2.75, 3.05) is 26.4 Å². The van der Waals surface area contributed by atoms with Crippen LogP contribution in [0.1, 0.15) is 65.2 Å². The molecule has 2 spiro atoms. The molecule has 4 aliphatic carbocycles. The Bertz CT molecular complexity index is 687. The molecule has 0 aromatic heterocycles. The van der Waals surface area contributed by atoms with Crippen LogP contribution in [0.2, 0.25) is 0 Å². The summed E-state index contributed by atoms with van der Waals surface area (Å²) >= 11 is 0. The van der Waals surface area contributed by atoms with Crippen LogP contribution in [0, 0.1) is 39.4 Å². The molecule has 0 bridgehead atoms. The van der Waals surface area contributed by atoms with E-state index in [4.69, 9.17) is 18.9 Å². The lowest BCUT2D eigenvalue weighted by atomic mass is 9.43. The summed E-state index contributed by atoms with van der Waals surface area (Å²) in [4.78, 5) is 12.1. The molecular formula is C23H35NO5. The number of nitrogens with zero attached hydrogens (tertiary/aromatic N) is 1. The highest BCUT2D eigenvalue weighted by Gasteiger charge is 2.69.